The highest BCUT2D eigenvalue weighted by atomic mass is 16.5. The predicted octanol–water partition coefficient (Wildman–Crippen LogP) is 2.10. The van der Waals surface area contributed by atoms with Crippen molar-refractivity contribution in [1.29, 1.82) is 0 Å². The molecule has 6 nitrogen and oxygen atoms in total. The number of furan rings is 1. The summed E-state index contributed by atoms with van der Waals surface area (Å²) in [5.41, 5.74) is 0. The summed E-state index contributed by atoms with van der Waals surface area (Å²) in [7, 11) is 0. The number of carbonyl (C=O) groups is 1. The Morgan fingerprint density at radius 1 is 1.31 bits per heavy atom. The molecule has 0 aromatic carbocycles. The summed E-state index contributed by atoms with van der Waals surface area (Å²) in [5.74, 6) is 3.08. The van der Waals surface area contributed by atoms with Crippen LogP contribution in [0.5, 0.6) is 0 Å². The van der Waals surface area contributed by atoms with Gasteiger partial charge in [-0.25, -0.2) is 0 Å². The lowest BCUT2D eigenvalue weighted by Crippen LogP contribution is -2.44. The third kappa shape index (κ3) is 5.32. The van der Waals surface area contributed by atoms with Crippen LogP contribution in [0.2, 0.25) is 0 Å². The third-order valence-corrected chi connectivity index (χ3v) is 5.76. The van der Waals surface area contributed by atoms with Crippen LogP contribution < -0.4 is 10.6 Å². The minimum Gasteiger partial charge on any atom is -0.465 e. The van der Waals surface area contributed by atoms with E-state index in [0.717, 1.165) is 50.9 Å². The molecule has 2 aliphatic heterocycles. The second-order valence-electron chi connectivity index (χ2n) is 7.69. The van der Waals surface area contributed by atoms with Crippen molar-refractivity contribution in [1.82, 2.24) is 15.5 Å². The Labute approximate surface area is 156 Å². The van der Waals surface area contributed by atoms with Gasteiger partial charge in [-0.3, -0.25) is 9.69 Å². The average Bonchev–Trinajstić information content (AvgIpc) is 3.09. The van der Waals surface area contributed by atoms with Gasteiger partial charge >= 0.3 is 0 Å². The van der Waals surface area contributed by atoms with E-state index in [1.165, 1.54) is 12.8 Å². The number of hydrogen-bond donors (Lipinski definition) is 2. The van der Waals surface area contributed by atoms with Gasteiger partial charge < -0.3 is 19.8 Å². The van der Waals surface area contributed by atoms with E-state index in [1.54, 1.807) is 0 Å². The summed E-state index contributed by atoms with van der Waals surface area (Å²) in [6, 6.07) is 4.09. The van der Waals surface area contributed by atoms with E-state index >= 15 is 0 Å². The van der Waals surface area contributed by atoms with E-state index < -0.39 is 0 Å². The number of nitrogens with zero attached hydrogens (tertiary/aromatic N) is 1. The van der Waals surface area contributed by atoms with Crippen molar-refractivity contribution in [3.05, 3.63) is 23.7 Å². The van der Waals surface area contributed by atoms with Crippen molar-refractivity contribution in [3.8, 4) is 0 Å². The first-order valence-electron chi connectivity index (χ1n) is 9.99. The van der Waals surface area contributed by atoms with Crippen molar-refractivity contribution < 1.29 is 13.9 Å². The van der Waals surface area contributed by atoms with Crippen LogP contribution in [0.4, 0.5) is 0 Å². The normalized spacial score (nSPS) is 22.1. The van der Waals surface area contributed by atoms with Crippen LogP contribution in [-0.2, 0) is 9.53 Å². The molecular formula is C20H33N3O3. The second kappa shape index (κ2) is 9.53. The molecule has 2 saturated heterocycles. The highest BCUT2D eigenvalue weighted by Gasteiger charge is 2.27. The number of morpholine rings is 1. The summed E-state index contributed by atoms with van der Waals surface area (Å²) >= 11 is 0. The molecule has 2 atom stereocenters. The SMILES string of the molecule is Cc1ccc(C(CNC(=O)CC(C)C2CCNCC2)N2CCOCC2)o1. The van der Waals surface area contributed by atoms with Crippen LogP contribution in [0, 0.1) is 18.8 Å². The molecule has 2 unspecified atom stereocenters. The van der Waals surface area contributed by atoms with Crippen LogP contribution in [0.25, 0.3) is 0 Å². The van der Waals surface area contributed by atoms with Crippen LogP contribution in [0.1, 0.15) is 43.7 Å². The summed E-state index contributed by atoms with van der Waals surface area (Å²) in [4.78, 5) is 14.9. The van der Waals surface area contributed by atoms with Gasteiger partial charge in [0.2, 0.25) is 5.91 Å². The van der Waals surface area contributed by atoms with Crippen molar-refractivity contribution in [2.45, 2.75) is 39.2 Å². The average molecular weight is 364 g/mol. The van der Waals surface area contributed by atoms with Gasteiger partial charge in [-0.1, -0.05) is 6.92 Å². The lowest BCUT2D eigenvalue weighted by Gasteiger charge is -2.33. The van der Waals surface area contributed by atoms with Crippen LogP contribution in [-0.4, -0.2) is 56.7 Å². The molecule has 1 aromatic heterocycles. The van der Waals surface area contributed by atoms with Gasteiger partial charge in [-0.15, -0.1) is 0 Å². The zero-order valence-electron chi connectivity index (χ0n) is 16.1. The van der Waals surface area contributed by atoms with Crippen molar-refractivity contribution >= 4 is 5.91 Å². The maximum atomic E-state index is 12.5. The number of carbonyl (C=O) groups excluding carboxylic acids is 1. The molecule has 0 aliphatic carbocycles. The molecule has 0 spiro atoms. The number of nitrogens with one attached hydrogen (secondary N) is 2. The van der Waals surface area contributed by atoms with E-state index in [-0.39, 0.29) is 11.9 Å². The number of aryl methyl sites for hydroxylation is 1. The fraction of sp³-hybridized carbons (Fsp3) is 0.750. The Balaban J connectivity index is 1.53. The molecule has 2 fully saturated rings. The third-order valence-electron chi connectivity index (χ3n) is 5.76. The van der Waals surface area contributed by atoms with E-state index in [2.05, 4.69) is 22.5 Å². The Kier molecular flexibility index (Phi) is 7.11. The Hall–Kier alpha value is -1.37. The molecule has 2 aliphatic rings. The quantitative estimate of drug-likeness (QED) is 0.777. The number of ether oxygens (including phenoxy) is 1. The van der Waals surface area contributed by atoms with E-state index in [1.807, 2.05) is 19.1 Å². The lowest BCUT2D eigenvalue weighted by atomic mass is 9.84. The summed E-state index contributed by atoms with van der Waals surface area (Å²) in [6.07, 6.45) is 2.96. The van der Waals surface area contributed by atoms with Gasteiger partial charge in [-0.2, -0.15) is 0 Å². The molecule has 6 heteroatoms. The second-order valence-corrected chi connectivity index (χ2v) is 7.69. The van der Waals surface area contributed by atoms with Crippen molar-refractivity contribution in [2.75, 3.05) is 45.9 Å². The fourth-order valence-electron chi connectivity index (χ4n) is 4.09. The molecule has 2 N–H and O–H groups in total. The first-order valence-corrected chi connectivity index (χ1v) is 9.99. The molecule has 3 rings (SSSR count). The Bertz CT molecular complexity index is 562. The molecule has 3 heterocycles. The Morgan fingerprint density at radius 3 is 2.69 bits per heavy atom. The van der Waals surface area contributed by atoms with E-state index in [4.69, 9.17) is 9.15 Å². The van der Waals surface area contributed by atoms with Crippen LogP contribution in [0.3, 0.4) is 0 Å². The van der Waals surface area contributed by atoms with Gasteiger partial charge in [0.1, 0.15) is 11.5 Å². The topological polar surface area (TPSA) is 66.7 Å². The summed E-state index contributed by atoms with van der Waals surface area (Å²) < 4.78 is 11.3. The number of rotatable bonds is 7. The number of amides is 1. The van der Waals surface area contributed by atoms with Crippen molar-refractivity contribution in [2.24, 2.45) is 11.8 Å². The zero-order chi connectivity index (χ0) is 18.4. The molecule has 1 aromatic rings. The zero-order valence-corrected chi connectivity index (χ0v) is 16.1. The van der Waals surface area contributed by atoms with E-state index in [9.17, 15) is 4.79 Å². The number of piperidine rings is 1. The molecule has 0 radical (unpaired) electrons. The first kappa shape index (κ1) is 19.4. The highest BCUT2D eigenvalue weighted by Crippen LogP contribution is 2.25. The van der Waals surface area contributed by atoms with Crippen molar-refractivity contribution in [3.63, 3.8) is 0 Å². The smallest absolute Gasteiger partial charge is 0.220 e. The maximum Gasteiger partial charge on any atom is 0.220 e. The van der Waals surface area contributed by atoms with Gasteiger partial charge in [-0.05, 0) is 56.8 Å². The molecule has 26 heavy (non-hydrogen) atoms. The molecule has 1 amide bonds. The van der Waals surface area contributed by atoms with Gasteiger partial charge in [0.05, 0.1) is 19.3 Å². The summed E-state index contributed by atoms with van der Waals surface area (Å²) in [6.45, 7) is 10.1. The molecule has 146 valence electrons. The highest BCUT2D eigenvalue weighted by molar-refractivity contribution is 5.76. The maximum absolute atomic E-state index is 12.5. The molecular weight excluding hydrogens is 330 g/mol. The summed E-state index contributed by atoms with van der Waals surface area (Å²) in [5, 5.41) is 6.55. The van der Waals surface area contributed by atoms with Gasteiger partial charge in [0.15, 0.2) is 0 Å². The molecule has 0 saturated carbocycles. The Morgan fingerprint density at radius 2 is 2.04 bits per heavy atom. The minimum absolute atomic E-state index is 0.0748. The number of hydrogen-bond acceptors (Lipinski definition) is 5. The van der Waals surface area contributed by atoms with Gasteiger partial charge in [0, 0.05) is 26.1 Å². The fourth-order valence-corrected chi connectivity index (χ4v) is 4.09. The van der Waals surface area contributed by atoms with Crippen LogP contribution in [0.15, 0.2) is 16.5 Å². The first-order chi connectivity index (χ1) is 12.6. The minimum atomic E-state index is 0.0748. The molecule has 0 bridgehead atoms. The predicted molar refractivity (Wildman–Crippen MR) is 101 cm³/mol. The van der Waals surface area contributed by atoms with E-state index in [0.29, 0.717) is 24.8 Å². The largest absolute Gasteiger partial charge is 0.465 e. The lowest BCUT2D eigenvalue weighted by molar-refractivity contribution is -0.122. The monoisotopic (exact) mass is 363 g/mol. The van der Waals surface area contributed by atoms with Crippen LogP contribution >= 0.6 is 0 Å². The van der Waals surface area contributed by atoms with Gasteiger partial charge in [0.25, 0.3) is 0 Å². The standard InChI is InChI=1S/C20H33N3O3/c1-15(17-5-7-21-8-6-17)13-20(24)22-14-18(19-4-3-16(2)26-19)23-9-11-25-12-10-23/h3-4,15,17-18,21H,5-14H2,1-2H3,(H,22,24).